The molecule has 0 unspecified atom stereocenters. The lowest BCUT2D eigenvalue weighted by Crippen LogP contribution is -2.25. The van der Waals surface area contributed by atoms with E-state index >= 15 is 0 Å². The third kappa shape index (κ3) is 3.84. The molecule has 1 aromatic carbocycles. The third-order valence-electron chi connectivity index (χ3n) is 2.77. The van der Waals surface area contributed by atoms with E-state index in [0.29, 0.717) is 18.4 Å². The van der Waals surface area contributed by atoms with E-state index in [4.69, 9.17) is 4.42 Å². The van der Waals surface area contributed by atoms with Crippen molar-refractivity contribution in [2.24, 2.45) is 0 Å². The molecule has 0 radical (unpaired) electrons. The second-order valence-corrected chi connectivity index (χ2v) is 4.84. The van der Waals surface area contributed by atoms with Gasteiger partial charge in [0.25, 0.3) is 0 Å². The molecule has 0 amide bonds. The van der Waals surface area contributed by atoms with Crippen molar-refractivity contribution in [2.45, 2.75) is 32.7 Å². The van der Waals surface area contributed by atoms with Crippen molar-refractivity contribution >= 4 is 0 Å². The van der Waals surface area contributed by atoms with Crippen LogP contribution in [0.15, 0.2) is 22.6 Å². The minimum Gasteiger partial charge on any atom is -0.425 e. The van der Waals surface area contributed by atoms with Gasteiger partial charge < -0.3 is 9.73 Å². The minimum atomic E-state index is -0.872. The second kappa shape index (κ2) is 6.56. The lowest BCUT2D eigenvalue weighted by atomic mass is 10.1. The van der Waals surface area contributed by atoms with Gasteiger partial charge in [-0.3, -0.25) is 0 Å². The van der Waals surface area contributed by atoms with Gasteiger partial charge in [0.2, 0.25) is 11.8 Å². The Hall–Kier alpha value is -1.82. The largest absolute Gasteiger partial charge is 0.425 e. The maximum absolute atomic E-state index is 13.5. The minimum absolute atomic E-state index is 0.0915. The first-order valence-electron chi connectivity index (χ1n) is 6.54. The third-order valence-corrected chi connectivity index (χ3v) is 2.77. The molecule has 2 rings (SSSR count). The topological polar surface area (TPSA) is 51.0 Å². The highest BCUT2D eigenvalue weighted by atomic mass is 19.2. The molecular weight excluding hydrogens is 264 g/mol. The van der Waals surface area contributed by atoms with Gasteiger partial charge >= 0.3 is 0 Å². The number of nitrogens with one attached hydrogen (secondary N) is 1. The molecule has 0 aliphatic carbocycles. The maximum atomic E-state index is 13.5. The lowest BCUT2D eigenvalue weighted by molar-refractivity contribution is 0.441. The predicted molar refractivity (Wildman–Crippen MR) is 70.3 cm³/mol. The quantitative estimate of drug-likeness (QED) is 0.883. The smallest absolute Gasteiger partial charge is 0.221 e. The zero-order chi connectivity index (χ0) is 14.5. The van der Waals surface area contributed by atoms with Gasteiger partial charge in [-0.2, -0.15) is 0 Å². The standard InChI is InChI=1S/C14H17F2N3O/c1-9(2)17-7-6-12-18-19-13(20-12)8-10-4-3-5-11(15)14(10)16/h3-5,9,17H,6-8H2,1-2H3. The SMILES string of the molecule is CC(C)NCCc1nnc(Cc2cccc(F)c2F)o1. The highest BCUT2D eigenvalue weighted by Gasteiger charge is 2.12. The Kier molecular flexibility index (Phi) is 4.79. The average molecular weight is 281 g/mol. The van der Waals surface area contributed by atoms with Gasteiger partial charge in [-0.1, -0.05) is 26.0 Å². The monoisotopic (exact) mass is 281 g/mol. The molecule has 6 heteroatoms. The van der Waals surface area contributed by atoms with Gasteiger partial charge in [-0.05, 0) is 6.07 Å². The fourth-order valence-electron chi connectivity index (χ4n) is 1.78. The van der Waals surface area contributed by atoms with Crippen molar-refractivity contribution in [3.05, 3.63) is 47.2 Å². The maximum Gasteiger partial charge on any atom is 0.221 e. The number of aromatic nitrogens is 2. The van der Waals surface area contributed by atoms with E-state index in [9.17, 15) is 8.78 Å². The van der Waals surface area contributed by atoms with Crippen LogP contribution < -0.4 is 5.32 Å². The molecule has 1 heterocycles. The zero-order valence-corrected chi connectivity index (χ0v) is 11.5. The Bertz CT molecular complexity index is 569. The fraction of sp³-hybridized carbons (Fsp3) is 0.429. The molecule has 0 bridgehead atoms. The van der Waals surface area contributed by atoms with Gasteiger partial charge in [0.15, 0.2) is 11.6 Å². The highest BCUT2D eigenvalue weighted by Crippen LogP contribution is 2.15. The molecule has 20 heavy (non-hydrogen) atoms. The van der Waals surface area contributed by atoms with Crippen LogP contribution in [-0.4, -0.2) is 22.8 Å². The summed E-state index contributed by atoms with van der Waals surface area (Å²) < 4.78 is 32.0. The number of nitrogens with zero attached hydrogens (tertiary/aromatic N) is 2. The summed E-state index contributed by atoms with van der Waals surface area (Å²) in [5.74, 6) is -0.962. The summed E-state index contributed by atoms with van der Waals surface area (Å²) in [6.45, 7) is 4.82. The van der Waals surface area contributed by atoms with Crippen LogP contribution in [0.1, 0.15) is 31.2 Å². The first-order valence-corrected chi connectivity index (χ1v) is 6.54. The normalized spacial score (nSPS) is 11.2. The van der Waals surface area contributed by atoms with Gasteiger partial charge in [-0.25, -0.2) is 8.78 Å². The molecule has 4 nitrogen and oxygen atoms in total. The molecule has 0 fully saturated rings. The molecule has 0 aliphatic heterocycles. The molecule has 0 spiro atoms. The van der Waals surface area contributed by atoms with Crippen LogP contribution in [0.5, 0.6) is 0 Å². The van der Waals surface area contributed by atoms with Crippen molar-refractivity contribution in [2.75, 3.05) is 6.54 Å². The van der Waals surface area contributed by atoms with E-state index in [-0.39, 0.29) is 17.9 Å². The van der Waals surface area contributed by atoms with E-state index in [1.807, 2.05) is 13.8 Å². The van der Waals surface area contributed by atoms with Crippen molar-refractivity contribution in [1.29, 1.82) is 0 Å². The Labute approximate surface area is 116 Å². The predicted octanol–water partition coefficient (Wildman–Crippen LogP) is 2.48. The first-order chi connectivity index (χ1) is 9.56. The number of halogens is 2. The van der Waals surface area contributed by atoms with Gasteiger partial charge in [0.1, 0.15) is 0 Å². The van der Waals surface area contributed by atoms with Crippen LogP contribution in [0.25, 0.3) is 0 Å². The van der Waals surface area contributed by atoms with E-state index in [1.165, 1.54) is 12.1 Å². The molecular formula is C14H17F2N3O. The zero-order valence-electron chi connectivity index (χ0n) is 11.5. The van der Waals surface area contributed by atoms with Crippen LogP contribution in [0, 0.1) is 11.6 Å². The van der Waals surface area contributed by atoms with Crippen molar-refractivity contribution in [3.63, 3.8) is 0 Å². The highest BCUT2D eigenvalue weighted by molar-refractivity contribution is 5.21. The Morgan fingerprint density at radius 2 is 1.95 bits per heavy atom. The summed E-state index contributed by atoms with van der Waals surface area (Å²) in [7, 11) is 0. The molecule has 0 atom stereocenters. The summed E-state index contributed by atoms with van der Waals surface area (Å²) in [4.78, 5) is 0. The number of hydrogen-bond acceptors (Lipinski definition) is 4. The Balaban J connectivity index is 1.97. The molecule has 108 valence electrons. The molecule has 0 saturated carbocycles. The molecule has 0 aliphatic rings. The summed E-state index contributed by atoms with van der Waals surface area (Å²) in [6.07, 6.45) is 0.699. The Morgan fingerprint density at radius 1 is 1.20 bits per heavy atom. The van der Waals surface area contributed by atoms with Gasteiger partial charge in [0.05, 0.1) is 6.42 Å². The van der Waals surface area contributed by atoms with Crippen LogP contribution in [-0.2, 0) is 12.8 Å². The van der Waals surface area contributed by atoms with Crippen molar-refractivity contribution in [1.82, 2.24) is 15.5 Å². The molecule has 1 aromatic heterocycles. The van der Waals surface area contributed by atoms with Crippen LogP contribution in [0.4, 0.5) is 8.78 Å². The van der Waals surface area contributed by atoms with Crippen molar-refractivity contribution < 1.29 is 13.2 Å². The number of hydrogen-bond donors (Lipinski definition) is 1. The van der Waals surface area contributed by atoms with Crippen molar-refractivity contribution in [3.8, 4) is 0 Å². The van der Waals surface area contributed by atoms with Crippen LogP contribution in [0.2, 0.25) is 0 Å². The summed E-state index contributed by atoms with van der Waals surface area (Å²) in [5, 5.41) is 11.0. The molecule has 2 aromatic rings. The van der Waals surface area contributed by atoms with Crippen LogP contribution >= 0.6 is 0 Å². The summed E-state index contributed by atoms with van der Waals surface area (Å²) in [6, 6.07) is 4.43. The lowest BCUT2D eigenvalue weighted by Gasteiger charge is -2.04. The fourth-order valence-corrected chi connectivity index (χ4v) is 1.78. The number of benzene rings is 1. The van der Waals surface area contributed by atoms with E-state index in [2.05, 4.69) is 15.5 Å². The van der Waals surface area contributed by atoms with E-state index in [0.717, 1.165) is 12.6 Å². The van der Waals surface area contributed by atoms with Gasteiger partial charge in [0, 0.05) is 24.6 Å². The molecule has 1 N–H and O–H groups in total. The average Bonchev–Trinajstić information content (AvgIpc) is 2.82. The summed E-state index contributed by atoms with van der Waals surface area (Å²) in [5.41, 5.74) is 0.209. The van der Waals surface area contributed by atoms with Gasteiger partial charge in [-0.15, -0.1) is 10.2 Å². The summed E-state index contributed by atoms with van der Waals surface area (Å²) >= 11 is 0. The molecule has 0 saturated heterocycles. The number of rotatable bonds is 6. The van der Waals surface area contributed by atoms with E-state index in [1.54, 1.807) is 0 Å². The van der Waals surface area contributed by atoms with E-state index < -0.39 is 11.6 Å². The van der Waals surface area contributed by atoms with Crippen LogP contribution in [0.3, 0.4) is 0 Å². The second-order valence-electron chi connectivity index (χ2n) is 4.84. The Morgan fingerprint density at radius 3 is 2.70 bits per heavy atom. The first kappa shape index (κ1) is 14.6.